The molecule has 0 aromatic heterocycles. The Morgan fingerprint density at radius 2 is 1.74 bits per heavy atom. The molecule has 7 heteroatoms. The standard InChI is InChI=1S/C24H22N2O5/c1-17(27)22-9-5-6-10-24(22)30-16-21-15-23(18-11-13-20(14-12-18)26(28)29)25(31-21)19-7-3-2-4-8-19/h2-14,21,23H,15-16H2,1H3/t21-,23-/m0/s1. The van der Waals surface area contributed by atoms with E-state index in [0.717, 1.165) is 11.3 Å². The van der Waals surface area contributed by atoms with Crippen LogP contribution in [0.4, 0.5) is 11.4 Å². The first kappa shape index (κ1) is 20.6. The normalized spacial score (nSPS) is 18.0. The second kappa shape index (κ2) is 8.97. The maximum absolute atomic E-state index is 11.8. The average molecular weight is 418 g/mol. The van der Waals surface area contributed by atoms with Gasteiger partial charge in [-0.2, -0.15) is 0 Å². The monoisotopic (exact) mass is 418 g/mol. The molecular weight excluding hydrogens is 396 g/mol. The molecule has 1 fully saturated rings. The summed E-state index contributed by atoms with van der Waals surface area (Å²) < 4.78 is 5.94. The number of carbonyl (C=O) groups excluding carboxylic acids is 1. The fourth-order valence-electron chi connectivity index (χ4n) is 3.69. The van der Waals surface area contributed by atoms with Gasteiger partial charge < -0.3 is 4.74 Å². The summed E-state index contributed by atoms with van der Waals surface area (Å²) in [6.45, 7) is 1.78. The number of carbonyl (C=O) groups is 1. The first-order valence-electron chi connectivity index (χ1n) is 10.0. The molecule has 0 radical (unpaired) electrons. The summed E-state index contributed by atoms with van der Waals surface area (Å²) in [5.74, 6) is 0.473. The van der Waals surface area contributed by atoms with E-state index in [2.05, 4.69) is 0 Å². The Morgan fingerprint density at radius 1 is 1.06 bits per heavy atom. The van der Waals surface area contributed by atoms with Crippen molar-refractivity contribution in [3.63, 3.8) is 0 Å². The number of anilines is 1. The predicted octanol–water partition coefficient (Wildman–Crippen LogP) is 5.13. The van der Waals surface area contributed by atoms with Gasteiger partial charge in [-0.15, -0.1) is 0 Å². The summed E-state index contributed by atoms with van der Waals surface area (Å²) in [4.78, 5) is 28.6. The zero-order chi connectivity index (χ0) is 21.8. The van der Waals surface area contributed by atoms with E-state index < -0.39 is 4.92 Å². The van der Waals surface area contributed by atoms with Crippen molar-refractivity contribution >= 4 is 17.2 Å². The lowest BCUT2D eigenvalue weighted by molar-refractivity contribution is -0.384. The van der Waals surface area contributed by atoms with Crippen LogP contribution in [0.5, 0.6) is 5.75 Å². The van der Waals surface area contributed by atoms with Gasteiger partial charge in [0.05, 0.1) is 22.2 Å². The third-order valence-corrected chi connectivity index (χ3v) is 5.22. The SMILES string of the molecule is CC(=O)c1ccccc1OC[C@@H]1C[C@@H](c2ccc([N+](=O)[O-])cc2)N(c2ccccc2)O1. The zero-order valence-corrected chi connectivity index (χ0v) is 17.0. The van der Waals surface area contributed by atoms with Crippen molar-refractivity contribution in [3.05, 3.63) is 100 Å². The Bertz CT molecular complexity index is 1070. The van der Waals surface area contributed by atoms with Gasteiger partial charge in [0.1, 0.15) is 18.5 Å². The van der Waals surface area contributed by atoms with Gasteiger partial charge >= 0.3 is 0 Å². The van der Waals surface area contributed by atoms with Gasteiger partial charge in [-0.25, -0.2) is 5.06 Å². The molecule has 3 aromatic rings. The van der Waals surface area contributed by atoms with Crippen molar-refractivity contribution in [1.29, 1.82) is 0 Å². The summed E-state index contributed by atoms with van der Waals surface area (Å²) >= 11 is 0. The number of para-hydroxylation sites is 2. The summed E-state index contributed by atoms with van der Waals surface area (Å²) in [6, 6.07) is 23.2. The van der Waals surface area contributed by atoms with Crippen LogP contribution in [0.1, 0.15) is 35.3 Å². The average Bonchev–Trinajstić information content (AvgIpc) is 3.23. The molecule has 1 heterocycles. The highest BCUT2D eigenvalue weighted by molar-refractivity contribution is 5.96. The molecule has 0 unspecified atom stereocenters. The van der Waals surface area contributed by atoms with Gasteiger partial charge in [-0.3, -0.25) is 19.7 Å². The number of Topliss-reactive ketones (excluding diaryl/α,β-unsaturated/α-hetero) is 1. The number of hydroxylamine groups is 1. The van der Waals surface area contributed by atoms with Crippen molar-refractivity contribution in [2.45, 2.75) is 25.5 Å². The lowest BCUT2D eigenvalue weighted by atomic mass is 10.0. The molecule has 4 rings (SSSR count). The third kappa shape index (κ3) is 4.57. The largest absolute Gasteiger partial charge is 0.490 e. The van der Waals surface area contributed by atoms with Crippen LogP contribution in [0.2, 0.25) is 0 Å². The summed E-state index contributed by atoms with van der Waals surface area (Å²) in [6.07, 6.45) is 0.384. The van der Waals surface area contributed by atoms with Crippen LogP contribution in [0.15, 0.2) is 78.9 Å². The van der Waals surface area contributed by atoms with Crippen LogP contribution in [0, 0.1) is 10.1 Å². The number of hydrogen-bond donors (Lipinski definition) is 0. The molecule has 0 saturated carbocycles. The van der Waals surface area contributed by atoms with Crippen molar-refractivity contribution in [1.82, 2.24) is 0 Å². The van der Waals surface area contributed by atoms with Crippen molar-refractivity contribution in [2.24, 2.45) is 0 Å². The van der Waals surface area contributed by atoms with Crippen LogP contribution in [-0.2, 0) is 4.84 Å². The van der Waals surface area contributed by atoms with Crippen molar-refractivity contribution in [3.8, 4) is 5.75 Å². The van der Waals surface area contributed by atoms with Crippen LogP contribution < -0.4 is 9.80 Å². The number of hydrogen-bond acceptors (Lipinski definition) is 6. The van der Waals surface area contributed by atoms with Gasteiger partial charge in [0.15, 0.2) is 5.78 Å². The number of non-ortho nitro benzene ring substituents is 1. The molecule has 1 saturated heterocycles. The summed E-state index contributed by atoms with van der Waals surface area (Å²) in [5, 5.41) is 12.8. The van der Waals surface area contributed by atoms with E-state index in [4.69, 9.17) is 9.57 Å². The number of ether oxygens (including phenoxy) is 1. The second-order valence-electron chi connectivity index (χ2n) is 7.35. The molecule has 0 aliphatic carbocycles. The highest BCUT2D eigenvalue weighted by Crippen LogP contribution is 2.38. The number of nitro benzene ring substituents is 1. The number of nitro groups is 1. The minimum Gasteiger partial charge on any atom is -0.490 e. The number of rotatable bonds is 7. The highest BCUT2D eigenvalue weighted by atomic mass is 16.7. The second-order valence-corrected chi connectivity index (χ2v) is 7.35. The minimum atomic E-state index is -0.410. The number of benzene rings is 3. The van der Waals surface area contributed by atoms with E-state index in [1.54, 1.807) is 30.3 Å². The molecular formula is C24H22N2O5. The molecule has 0 bridgehead atoms. The highest BCUT2D eigenvalue weighted by Gasteiger charge is 2.35. The molecule has 3 aromatic carbocycles. The van der Waals surface area contributed by atoms with Gasteiger partial charge in [0.2, 0.25) is 0 Å². The molecule has 2 atom stereocenters. The van der Waals surface area contributed by atoms with E-state index in [1.165, 1.54) is 19.1 Å². The van der Waals surface area contributed by atoms with E-state index in [-0.39, 0.29) is 30.2 Å². The lowest BCUT2D eigenvalue weighted by Gasteiger charge is -2.25. The van der Waals surface area contributed by atoms with Crippen molar-refractivity contribution < 1.29 is 19.3 Å². The minimum absolute atomic E-state index is 0.0506. The predicted molar refractivity (Wildman–Crippen MR) is 116 cm³/mol. The van der Waals surface area contributed by atoms with Crippen LogP contribution >= 0.6 is 0 Å². The maximum atomic E-state index is 11.8. The molecule has 0 N–H and O–H groups in total. The first-order valence-corrected chi connectivity index (χ1v) is 10.0. The molecule has 0 amide bonds. The smallest absolute Gasteiger partial charge is 0.269 e. The van der Waals surface area contributed by atoms with Crippen molar-refractivity contribution in [2.75, 3.05) is 11.7 Å². The fraction of sp³-hybridized carbons (Fsp3) is 0.208. The zero-order valence-electron chi connectivity index (χ0n) is 17.0. The lowest BCUT2D eigenvalue weighted by Crippen LogP contribution is -2.24. The Kier molecular flexibility index (Phi) is 5.95. The molecule has 1 aliphatic heterocycles. The van der Waals surface area contributed by atoms with E-state index in [1.807, 2.05) is 41.5 Å². The Hall–Kier alpha value is -3.71. The van der Waals surface area contributed by atoms with Gasteiger partial charge in [-0.1, -0.05) is 42.5 Å². The molecule has 158 valence electrons. The summed E-state index contributed by atoms with van der Waals surface area (Å²) in [7, 11) is 0. The Morgan fingerprint density at radius 3 is 2.42 bits per heavy atom. The number of nitrogens with zero attached hydrogens (tertiary/aromatic N) is 2. The third-order valence-electron chi connectivity index (χ3n) is 5.22. The fourth-order valence-corrected chi connectivity index (χ4v) is 3.69. The van der Waals surface area contributed by atoms with E-state index in [9.17, 15) is 14.9 Å². The van der Waals surface area contributed by atoms with Gasteiger partial charge in [0.25, 0.3) is 5.69 Å². The molecule has 7 nitrogen and oxygen atoms in total. The summed E-state index contributed by atoms with van der Waals surface area (Å²) in [5.41, 5.74) is 2.39. The topological polar surface area (TPSA) is 81.9 Å². The Labute approximate surface area is 179 Å². The molecule has 1 aliphatic rings. The van der Waals surface area contributed by atoms with E-state index >= 15 is 0 Å². The Balaban J connectivity index is 1.55. The maximum Gasteiger partial charge on any atom is 0.269 e. The molecule has 31 heavy (non-hydrogen) atoms. The quantitative estimate of drug-likeness (QED) is 0.301. The van der Waals surface area contributed by atoms with E-state index in [0.29, 0.717) is 17.7 Å². The molecule has 0 spiro atoms. The van der Waals surface area contributed by atoms with Crippen LogP contribution in [0.3, 0.4) is 0 Å². The van der Waals surface area contributed by atoms with Gasteiger partial charge in [-0.05, 0) is 36.8 Å². The van der Waals surface area contributed by atoms with Gasteiger partial charge in [0, 0.05) is 18.6 Å². The van der Waals surface area contributed by atoms with Crippen LogP contribution in [-0.4, -0.2) is 23.4 Å². The van der Waals surface area contributed by atoms with Crippen LogP contribution in [0.25, 0.3) is 0 Å². The first-order chi connectivity index (χ1) is 15.0. The number of ketones is 1.